The summed E-state index contributed by atoms with van der Waals surface area (Å²) in [6.07, 6.45) is 4.55. The largest absolute Gasteiger partial charge is 0.328 e. The average Bonchev–Trinajstić information content (AvgIpc) is 3.00. The topological polar surface area (TPSA) is 59.8 Å². The average molecular weight is 366 g/mol. The SMILES string of the molecule is C=CCSc1nc2n(n1)[C@H](c1ccccc1)[C@H]1C(=O)CC(C)(C)C=C1N2. The van der Waals surface area contributed by atoms with E-state index in [1.807, 2.05) is 29.0 Å². The molecule has 1 aliphatic heterocycles. The lowest BCUT2D eigenvalue weighted by molar-refractivity contribution is -0.125. The number of fused-ring (bicyclic) bond motifs is 2. The molecule has 0 amide bonds. The smallest absolute Gasteiger partial charge is 0.227 e. The predicted octanol–water partition coefficient (Wildman–Crippen LogP) is 4.07. The third kappa shape index (κ3) is 2.98. The Morgan fingerprint density at radius 3 is 2.88 bits per heavy atom. The van der Waals surface area contributed by atoms with Crippen molar-refractivity contribution in [1.29, 1.82) is 0 Å². The number of rotatable bonds is 4. The molecule has 0 fully saturated rings. The Hall–Kier alpha value is -2.34. The number of nitrogens with zero attached hydrogens (tertiary/aromatic N) is 3. The maximum absolute atomic E-state index is 13.1. The van der Waals surface area contributed by atoms with Gasteiger partial charge in [0.05, 0.1) is 12.0 Å². The first-order chi connectivity index (χ1) is 12.5. The zero-order valence-corrected chi connectivity index (χ0v) is 15.8. The number of anilines is 1. The summed E-state index contributed by atoms with van der Waals surface area (Å²) in [7, 11) is 0. The van der Waals surface area contributed by atoms with Gasteiger partial charge in [-0.25, -0.2) is 4.68 Å². The molecule has 0 bridgehead atoms. The Labute approximate surface area is 157 Å². The van der Waals surface area contributed by atoms with Gasteiger partial charge in [0.1, 0.15) is 5.78 Å². The molecule has 0 unspecified atom stereocenters. The number of nitrogens with one attached hydrogen (secondary N) is 1. The molecule has 26 heavy (non-hydrogen) atoms. The van der Waals surface area contributed by atoms with Crippen molar-refractivity contribution < 1.29 is 4.79 Å². The van der Waals surface area contributed by atoms with Crippen LogP contribution in [0.15, 0.2) is 59.9 Å². The van der Waals surface area contributed by atoms with E-state index < -0.39 is 0 Å². The molecule has 0 saturated heterocycles. The number of thioether (sulfide) groups is 1. The minimum absolute atomic E-state index is 0.153. The molecule has 2 heterocycles. The lowest BCUT2D eigenvalue weighted by Gasteiger charge is -2.40. The van der Waals surface area contributed by atoms with E-state index in [1.165, 1.54) is 11.8 Å². The fourth-order valence-corrected chi connectivity index (χ4v) is 4.35. The second-order valence-corrected chi connectivity index (χ2v) is 8.44. The van der Waals surface area contributed by atoms with Crippen LogP contribution in [0.25, 0.3) is 0 Å². The highest BCUT2D eigenvalue weighted by Crippen LogP contribution is 2.45. The highest BCUT2D eigenvalue weighted by atomic mass is 32.2. The maximum atomic E-state index is 13.1. The van der Waals surface area contributed by atoms with E-state index in [2.05, 4.69) is 54.0 Å². The second kappa shape index (κ2) is 6.43. The van der Waals surface area contributed by atoms with Crippen molar-refractivity contribution in [2.45, 2.75) is 31.5 Å². The molecule has 1 N–H and O–H groups in total. The van der Waals surface area contributed by atoms with Crippen molar-refractivity contribution in [3.8, 4) is 0 Å². The minimum atomic E-state index is -0.253. The summed E-state index contributed by atoms with van der Waals surface area (Å²) < 4.78 is 1.87. The van der Waals surface area contributed by atoms with Crippen molar-refractivity contribution >= 4 is 23.5 Å². The molecule has 2 aromatic rings. The third-order valence-electron chi connectivity index (χ3n) is 4.78. The summed E-state index contributed by atoms with van der Waals surface area (Å²) in [5, 5.41) is 8.75. The number of carbonyl (C=O) groups excluding carboxylic acids is 1. The Kier molecular flexibility index (Phi) is 4.23. The van der Waals surface area contributed by atoms with Crippen LogP contribution in [0.4, 0.5) is 5.95 Å². The Bertz CT molecular complexity index is 884. The summed E-state index contributed by atoms with van der Waals surface area (Å²) in [5.74, 6) is 1.43. The summed E-state index contributed by atoms with van der Waals surface area (Å²) >= 11 is 1.54. The fourth-order valence-electron chi connectivity index (χ4n) is 3.79. The standard InChI is InChI=1S/C20H22N4OS/c1-4-10-26-19-22-18-21-14-11-20(2,3)12-15(25)16(14)17(24(18)23-19)13-8-6-5-7-9-13/h4-9,11,16-17H,1,10,12H2,2-3H3,(H,21,22,23)/t16-,17-/m1/s1. The molecule has 6 heteroatoms. The molecule has 2 atom stereocenters. The number of benzene rings is 1. The number of Topliss-reactive ketones (excluding diaryl/α,β-unsaturated/α-hetero) is 1. The van der Waals surface area contributed by atoms with E-state index in [0.717, 1.165) is 17.0 Å². The quantitative estimate of drug-likeness (QED) is 0.653. The van der Waals surface area contributed by atoms with Gasteiger partial charge in [0, 0.05) is 17.9 Å². The molecule has 0 saturated carbocycles. The number of carbonyl (C=O) groups is 1. The van der Waals surface area contributed by atoms with Crippen LogP contribution < -0.4 is 5.32 Å². The lowest BCUT2D eigenvalue weighted by Crippen LogP contribution is -2.42. The summed E-state index contributed by atoms with van der Waals surface area (Å²) in [5.41, 5.74) is 1.87. The molecule has 4 rings (SSSR count). The van der Waals surface area contributed by atoms with Gasteiger partial charge in [0.15, 0.2) is 0 Å². The summed E-state index contributed by atoms with van der Waals surface area (Å²) in [6, 6.07) is 9.93. The molecule has 1 aliphatic carbocycles. The highest BCUT2D eigenvalue weighted by Gasteiger charge is 2.44. The summed E-state index contributed by atoms with van der Waals surface area (Å²) in [4.78, 5) is 17.7. The summed E-state index contributed by atoms with van der Waals surface area (Å²) in [6.45, 7) is 7.94. The first-order valence-corrected chi connectivity index (χ1v) is 9.75. The molecular weight excluding hydrogens is 344 g/mol. The van der Waals surface area contributed by atoms with Crippen molar-refractivity contribution in [1.82, 2.24) is 14.8 Å². The zero-order valence-electron chi connectivity index (χ0n) is 15.0. The van der Waals surface area contributed by atoms with E-state index in [1.54, 1.807) is 0 Å². The first-order valence-electron chi connectivity index (χ1n) is 8.76. The van der Waals surface area contributed by atoms with Crippen LogP contribution in [0.1, 0.15) is 31.9 Å². The second-order valence-electron chi connectivity index (χ2n) is 7.45. The lowest BCUT2D eigenvalue weighted by atomic mass is 9.72. The van der Waals surface area contributed by atoms with E-state index >= 15 is 0 Å². The van der Waals surface area contributed by atoms with Crippen LogP contribution in [-0.2, 0) is 4.79 Å². The van der Waals surface area contributed by atoms with E-state index in [0.29, 0.717) is 17.5 Å². The molecule has 0 radical (unpaired) electrons. The molecule has 5 nitrogen and oxygen atoms in total. The number of hydrogen-bond acceptors (Lipinski definition) is 5. The number of allylic oxidation sites excluding steroid dienone is 2. The molecule has 1 aromatic carbocycles. The Morgan fingerprint density at radius 2 is 2.15 bits per heavy atom. The van der Waals surface area contributed by atoms with Crippen molar-refractivity contribution in [2.75, 3.05) is 11.1 Å². The predicted molar refractivity (Wildman–Crippen MR) is 104 cm³/mol. The molecule has 1 aromatic heterocycles. The number of hydrogen-bond donors (Lipinski definition) is 1. The zero-order chi connectivity index (χ0) is 18.3. The van der Waals surface area contributed by atoms with Gasteiger partial charge in [-0.05, 0) is 11.0 Å². The fraction of sp³-hybridized carbons (Fsp3) is 0.350. The van der Waals surface area contributed by atoms with E-state index in [4.69, 9.17) is 0 Å². The van der Waals surface area contributed by atoms with Gasteiger partial charge in [-0.15, -0.1) is 11.7 Å². The van der Waals surface area contributed by atoms with Crippen LogP contribution in [-0.4, -0.2) is 26.3 Å². The molecule has 2 aliphatic rings. The Balaban J connectivity index is 1.85. The molecule has 0 spiro atoms. The normalized spacial score (nSPS) is 23.5. The van der Waals surface area contributed by atoms with Gasteiger partial charge >= 0.3 is 0 Å². The number of ketones is 1. The monoisotopic (exact) mass is 366 g/mol. The Morgan fingerprint density at radius 1 is 1.38 bits per heavy atom. The van der Waals surface area contributed by atoms with Gasteiger partial charge in [-0.1, -0.05) is 68.1 Å². The van der Waals surface area contributed by atoms with E-state index in [-0.39, 0.29) is 23.2 Å². The van der Waals surface area contributed by atoms with Crippen LogP contribution in [0.5, 0.6) is 0 Å². The van der Waals surface area contributed by atoms with Crippen molar-refractivity contribution in [2.24, 2.45) is 11.3 Å². The minimum Gasteiger partial charge on any atom is -0.328 e. The molecule has 134 valence electrons. The van der Waals surface area contributed by atoms with Crippen LogP contribution in [0.3, 0.4) is 0 Å². The third-order valence-corrected chi connectivity index (χ3v) is 5.61. The van der Waals surface area contributed by atoms with Crippen LogP contribution >= 0.6 is 11.8 Å². The van der Waals surface area contributed by atoms with Gasteiger partial charge < -0.3 is 5.32 Å². The highest BCUT2D eigenvalue weighted by molar-refractivity contribution is 7.99. The van der Waals surface area contributed by atoms with Gasteiger partial charge in [-0.3, -0.25) is 4.79 Å². The van der Waals surface area contributed by atoms with Crippen LogP contribution in [0.2, 0.25) is 0 Å². The van der Waals surface area contributed by atoms with Crippen LogP contribution in [0, 0.1) is 11.3 Å². The van der Waals surface area contributed by atoms with Gasteiger partial charge in [-0.2, -0.15) is 4.98 Å². The first kappa shape index (κ1) is 17.1. The van der Waals surface area contributed by atoms with Gasteiger partial charge in [0.25, 0.3) is 0 Å². The van der Waals surface area contributed by atoms with E-state index in [9.17, 15) is 4.79 Å². The van der Waals surface area contributed by atoms with Crippen molar-refractivity contribution in [3.05, 3.63) is 60.3 Å². The number of aromatic nitrogens is 3. The maximum Gasteiger partial charge on any atom is 0.227 e. The van der Waals surface area contributed by atoms with Gasteiger partial charge in [0.2, 0.25) is 11.1 Å². The molecular formula is C20H22N4OS. The van der Waals surface area contributed by atoms with Crippen molar-refractivity contribution in [3.63, 3.8) is 0 Å².